The fourth-order valence-corrected chi connectivity index (χ4v) is 3.03. The van der Waals surface area contributed by atoms with Gasteiger partial charge in [0, 0.05) is 19.0 Å². The van der Waals surface area contributed by atoms with E-state index in [0.717, 1.165) is 23.3 Å². The first kappa shape index (κ1) is 24.4. The summed E-state index contributed by atoms with van der Waals surface area (Å²) in [5.41, 5.74) is 1.93. The van der Waals surface area contributed by atoms with Crippen molar-refractivity contribution in [3.63, 3.8) is 0 Å². The van der Waals surface area contributed by atoms with Crippen molar-refractivity contribution in [3.8, 4) is 5.75 Å². The summed E-state index contributed by atoms with van der Waals surface area (Å²) in [6.07, 6.45) is 1.60. The zero-order valence-corrected chi connectivity index (χ0v) is 18.9. The maximum atomic E-state index is 13.3. The second-order valence-electron chi connectivity index (χ2n) is 7.91. The Labute approximate surface area is 184 Å². The van der Waals surface area contributed by atoms with E-state index in [0.29, 0.717) is 13.0 Å². The smallest absolute Gasteiger partial charge is 0.242 e. The fourth-order valence-electron chi connectivity index (χ4n) is 3.03. The van der Waals surface area contributed by atoms with Crippen LogP contribution in [0, 0.1) is 12.7 Å². The molecule has 31 heavy (non-hydrogen) atoms. The minimum Gasteiger partial charge on any atom is -0.494 e. The van der Waals surface area contributed by atoms with Crippen LogP contribution < -0.4 is 10.1 Å². The lowest BCUT2D eigenvalue weighted by atomic mass is 10.1. The van der Waals surface area contributed by atoms with Crippen molar-refractivity contribution in [1.82, 2.24) is 10.2 Å². The van der Waals surface area contributed by atoms with Crippen LogP contribution in [0.3, 0.4) is 0 Å². The number of amides is 2. The molecule has 5 nitrogen and oxygen atoms in total. The lowest BCUT2D eigenvalue weighted by Gasteiger charge is -2.29. The van der Waals surface area contributed by atoms with E-state index in [1.807, 2.05) is 45.0 Å². The Kier molecular flexibility index (Phi) is 9.50. The predicted molar refractivity (Wildman–Crippen MR) is 120 cm³/mol. The van der Waals surface area contributed by atoms with E-state index in [-0.39, 0.29) is 36.6 Å². The van der Waals surface area contributed by atoms with Gasteiger partial charge in [-0.25, -0.2) is 4.39 Å². The standard InChI is InChI=1S/C25H33FN2O3/c1-5-19(3)27-25(30)20(4)28(17-21-10-12-22(26)13-11-21)24(29)7-6-16-31-23-14-8-18(2)9-15-23/h8-15,19-20H,5-7,16-17H2,1-4H3,(H,27,30). The first-order valence-corrected chi connectivity index (χ1v) is 10.8. The number of hydrogen-bond acceptors (Lipinski definition) is 3. The second kappa shape index (κ2) is 12.1. The third-order valence-electron chi connectivity index (χ3n) is 5.26. The highest BCUT2D eigenvalue weighted by atomic mass is 19.1. The molecule has 0 fully saturated rings. The van der Waals surface area contributed by atoms with Crippen LogP contribution in [0.5, 0.6) is 5.75 Å². The zero-order chi connectivity index (χ0) is 22.8. The summed E-state index contributed by atoms with van der Waals surface area (Å²) >= 11 is 0. The number of ether oxygens (including phenoxy) is 1. The highest BCUT2D eigenvalue weighted by molar-refractivity contribution is 5.87. The number of benzene rings is 2. The Balaban J connectivity index is 1.99. The first-order valence-electron chi connectivity index (χ1n) is 10.8. The monoisotopic (exact) mass is 428 g/mol. The van der Waals surface area contributed by atoms with Crippen LogP contribution in [0.4, 0.5) is 4.39 Å². The van der Waals surface area contributed by atoms with Gasteiger partial charge in [0.1, 0.15) is 17.6 Å². The lowest BCUT2D eigenvalue weighted by molar-refractivity contribution is -0.141. The normalized spacial score (nSPS) is 12.7. The maximum Gasteiger partial charge on any atom is 0.242 e. The molecule has 2 unspecified atom stereocenters. The van der Waals surface area contributed by atoms with E-state index < -0.39 is 6.04 Å². The number of carbonyl (C=O) groups is 2. The van der Waals surface area contributed by atoms with Crippen molar-refractivity contribution in [2.24, 2.45) is 0 Å². The van der Waals surface area contributed by atoms with Gasteiger partial charge in [0.2, 0.25) is 11.8 Å². The van der Waals surface area contributed by atoms with Crippen LogP contribution >= 0.6 is 0 Å². The number of nitrogens with zero attached hydrogens (tertiary/aromatic N) is 1. The Morgan fingerprint density at radius 2 is 1.71 bits per heavy atom. The van der Waals surface area contributed by atoms with Gasteiger partial charge in [0.25, 0.3) is 0 Å². The Bertz CT molecular complexity index is 837. The summed E-state index contributed by atoms with van der Waals surface area (Å²) < 4.78 is 19.0. The predicted octanol–water partition coefficient (Wildman–Crippen LogP) is 4.63. The molecule has 0 heterocycles. The average molecular weight is 429 g/mol. The summed E-state index contributed by atoms with van der Waals surface area (Å²) in [4.78, 5) is 27.2. The summed E-state index contributed by atoms with van der Waals surface area (Å²) in [5.74, 6) is 0.101. The van der Waals surface area contributed by atoms with Crippen LogP contribution in [-0.2, 0) is 16.1 Å². The average Bonchev–Trinajstić information content (AvgIpc) is 2.76. The number of rotatable bonds is 11. The number of hydrogen-bond donors (Lipinski definition) is 1. The third-order valence-corrected chi connectivity index (χ3v) is 5.26. The highest BCUT2D eigenvalue weighted by Gasteiger charge is 2.26. The van der Waals surface area contributed by atoms with Gasteiger partial charge in [-0.2, -0.15) is 0 Å². The maximum absolute atomic E-state index is 13.3. The Morgan fingerprint density at radius 3 is 2.32 bits per heavy atom. The van der Waals surface area contributed by atoms with Gasteiger partial charge in [0.05, 0.1) is 6.61 Å². The van der Waals surface area contributed by atoms with Crippen LogP contribution in [0.15, 0.2) is 48.5 Å². The van der Waals surface area contributed by atoms with Crippen molar-refractivity contribution in [2.45, 2.75) is 65.6 Å². The van der Waals surface area contributed by atoms with Gasteiger partial charge in [0.15, 0.2) is 0 Å². The Morgan fingerprint density at radius 1 is 1.06 bits per heavy atom. The number of halogens is 1. The molecule has 0 aromatic heterocycles. The van der Waals surface area contributed by atoms with E-state index in [1.165, 1.54) is 12.1 Å². The van der Waals surface area contributed by atoms with Crippen molar-refractivity contribution >= 4 is 11.8 Å². The zero-order valence-electron chi connectivity index (χ0n) is 18.9. The molecule has 2 amide bonds. The van der Waals surface area contributed by atoms with E-state index in [1.54, 1.807) is 24.0 Å². The van der Waals surface area contributed by atoms with Crippen LogP contribution in [0.2, 0.25) is 0 Å². The molecule has 0 aliphatic carbocycles. The van der Waals surface area contributed by atoms with Crippen molar-refractivity contribution in [1.29, 1.82) is 0 Å². The van der Waals surface area contributed by atoms with E-state index >= 15 is 0 Å². The van der Waals surface area contributed by atoms with Gasteiger partial charge in [-0.15, -0.1) is 0 Å². The molecule has 0 radical (unpaired) electrons. The van der Waals surface area contributed by atoms with Gasteiger partial charge in [-0.05, 0) is 63.4 Å². The molecule has 0 aliphatic heterocycles. The Hall–Kier alpha value is -2.89. The molecule has 0 aliphatic rings. The summed E-state index contributed by atoms with van der Waals surface area (Å²) in [6, 6.07) is 13.1. The molecule has 1 N–H and O–H groups in total. The van der Waals surface area contributed by atoms with E-state index in [9.17, 15) is 14.0 Å². The molecule has 0 spiro atoms. The molecular weight excluding hydrogens is 395 g/mol. The highest BCUT2D eigenvalue weighted by Crippen LogP contribution is 2.15. The minimum absolute atomic E-state index is 0.0284. The summed E-state index contributed by atoms with van der Waals surface area (Å²) in [5, 5.41) is 2.94. The van der Waals surface area contributed by atoms with Crippen LogP contribution in [0.1, 0.15) is 51.2 Å². The molecule has 0 bridgehead atoms. The van der Waals surface area contributed by atoms with Crippen molar-refractivity contribution in [3.05, 3.63) is 65.5 Å². The largest absolute Gasteiger partial charge is 0.494 e. The minimum atomic E-state index is -0.635. The van der Waals surface area contributed by atoms with Gasteiger partial charge in [-0.1, -0.05) is 36.8 Å². The molecule has 2 atom stereocenters. The molecule has 2 aromatic carbocycles. The molecule has 0 saturated carbocycles. The lowest BCUT2D eigenvalue weighted by Crippen LogP contribution is -2.49. The molecular formula is C25H33FN2O3. The van der Waals surface area contributed by atoms with Gasteiger partial charge >= 0.3 is 0 Å². The quantitative estimate of drug-likeness (QED) is 0.531. The topological polar surface area (TPSA) is 58.6 Å². The SMILES string of the molecule is CCC(C)NC(=O)C(C)N(Cc1ccc(F)cc1)C(=O)CCCOc1ccc(C)cc1. The van der Waals surface area contributed by atoms with Gasteiger partial charge in [-0.3, -0.25) is 9.59 Å². The van der Waals surface area contributed by atoms with Crippen LogP contribution in [-0.4, -0.2) is 35.4 Å². The fraction of sp³-hybridized carbons (Fsp3) is 0.440. The molecule has 0 saturated heterocycles. The number of carbonyl (C=O) groups excluding carboxylic acids is 2. The van der Waals surface area contributed by atoms with E-state index in [4.69, 9.17) is 4.74 Å². The summed E-state index contributed by atoms with van der Waals surface area (Å²) in [7, 11) is 0. The number of aryl methyl sites for hydroxylation is 1. The molecule has 168 valence electrons. The van der Waals surface area contributed by atoms with Crippen molar-refractivity contribution in [2.75, 3.05) is 6.61 Å². The number of nitrogens with one attached hydrogen (secondary N) is 1. The summed E-state index contributed by atoms with van der Waals surface area (Å²) in [6.45, 7) is 8.31. The van der Waals surface area contributed by atoms with Crippen molar-refractivity contribution < 1.29 is 18.7 Å². The second-order valence-corrected chi connectivity index (χ2v) is 7.91. The molecule has 2 aromatic rings. The first-order chi connectivity index (χ1) is 14.8. The van der Waals surface area contributed by atoms with Crippen LogP contribution in [0.25, 0.3) is 0 Å². The van der Waals surface area contributed by atoms with Gasteiger partial charge < -0.3 is 15.0 Å². The third kappa shape index (κ3) is 8.04. The van der Waals surface area contributed by atoms with E-state index in [2.05, 4.69) is 5.32 Å². The molecule has 6 heteroatoms. The molecule has 2 rings (SSSR count).